The Morgan fingerprint density at radius 3 is 2.67 bits per heavy atom. The van der Waals surface area contributed by atoms with Gasteiger partial charge in [-0.1, -0.05) is 6.07 Å². The number of hydrogen-bond acceptors (Lipinski definition) is 4. The number of aromatic nitrogens is 2. The Morgan fingerprint density at radius 2 is 2.07 bits per heavy atom. The maximum atomic E-state index is 11.9. The Labute approximate surface area is 91.2 Å². The van der Waals surface area contributed by atoms with Gasteiger partial charge in [0, 0.05) is 19.4 Å². The topological polar surface area (TPSA) is 46.1 Å². The molecule has 15 heavy (non-hydrogen) atoms. The maximum Gasteiger partial charge on any atom is 0.270 e. The Balaban J connectivity index is 2.23. The summed E-state index contributed by atoms with van der Waals surface area (Å²) in [5.74, 6) is 0.326. The predicted molar refractivity (Wildman–Crippen MR) is 59.1 cm³/mol. The third kappa shape index (κ3) is 2.02. The van der Waals surface area contributed by atoms with Gasteiger partial charge in [0.2, 0.25) is 5.95 Å². The monoisotopic (exact) mass is 219 g/mol. The number of rotatable bonds is 2. The molecule has 1 amide bonds. The summed E-state index contributed by atoms with van der Waals surface area (Å²) in [7, 11) is 1.66. The highest BCUT2D eigenvalue weighted by Gasteiger charge is 2.15. The summed E-state index contributed by atoms with van der Waals surface area (Å²) >= 11 is 1.41. The SMILES string of the molecule is CN(C(=O)c1cccs1)c1ncccn1. The Morgan fingerprint density at radius 1 is 1.33 bits per heavy atom. The molecule has 0 fully saturated rings. The fourth-order valence-electron chi connectivity index (χ4n) is 1.12. The lowest BCUT2D eigenvalue weighted by atomic mass is 10.4. The summed E-state index contributed by atoms with van der Waals surface area (Å²) < 4.78 is 0. The van der Waals surface area contributed by atoms with Crippen LogP contribution in [0.1, 0.15) is 9.67 Å². The zero-order chi connectivity index (χ0) is 10.7. The van der Waals surface area contributed by atoms with Gasteiger partial charge in [0.1, 0.15) is 0 Å². The van der Waals surface area contributed by atoms with Crippen molar-refractivity contribution in [1.29, 1.82) is 0 Å². The number of amides is 1. The van der Waals surface area contributed by atoms with Crippen LogP contribution in [0, 0.1) is 0 Å². The number of thiophene rings is 1. The Hall–Kier alpha value is -1.75. The van der Waals surface area contributed by atoms with Gasteiger partial charge in [0.15, 0.2) is 0 Å². The van der Waals surface area contributed by atoms with E-state index in [2.05, 4.69) is 9.97 Å². The fourth-order valence-corrected chi connectivity index (χ4v) is 1.82. The van der Waals surface area contributed by atoms with Gasteiger partial charge in [0.25, 0.3) is 5.91 Å². The molecule has 0 unspecified atom stereocenters. The standard InChI is InChI=1S/C10H9N3OS/c1-13(10-11-5-3-6-12-10)9(14)8-4-2-7-15-8/h2-7H,1H3. The molecular weight excluding hydrogens is 210 g/mol. The third-order valence-electron chi connectivity index (χ3n) is 1.89. The first-order valence-electron chi connectivity index (χ1n) is 4.37. The molecule has 4 nitrogen and oxygen atoms in total. The Bertz CT molecular complexity index is 441. The third-order valence-corrected chi connectivity index (χ3v) is 2.75. The molecule has 0 N–H and O–H groups in total. The molecule has 2 rings (SSSR count). The van der Waals surface area contributed by atoms with Crippen molar-refractivity contribution in [2.75, 3.05) is 11.9 Å². The van der Waals surface area contributed by atoms with Crippen LogP contribution >= 0.6 is 11.3 Å². The van der Waals surface area contributed by atoms with Crippen LogP contribution in [0.15, 0.2) is 36.0 Å². The van der Waals surface area contributed by atoms with Crippen molar-refractivity contribution in [3.05, 3.63) is 40.8 Å². The van der Waals surface area contributed by atoms with Gasteiger partial charge in [-0.25, -0.2) is 9.97 Å². The van der Waals surface area contributed by atoms with E-state index in [0.29, 0.717) is 10.8 Å². The van der Waals surface area contributed by atoms with Gasteiger partial charge >= 0.3 is 0 Å². The van der Waals surface area contributed by atoms with E-state index in [-0.39, 0.29) is 5.91 Å². The lowest BCUT2D eigenvalue weighted by molar-refractivity contribution is 0.0995. The number of carbonyl (C=O) groups is 1. The zero-order valence-corrected chi connectivity index (χ0v) is 8.94. The first-order chi connectivity index (χ1) is 7.29. The van der Waals surface area contributed by atoms with Crippen LogP contribution in [-0.4, -0.2) is 22.9 Å². The van der Waals surface area contributed by atoms with Crippen LogP contribution in [-0.2, 0) is 0 Å². The lowest BCUT2D eigenvalue weighted by Gasteiger charge is -2.12. The molecule has 0 aliphatic heterocycles. The minimum absolute atomic E-state index is 0.0869. The molecule has 2 aromatic heterocycles. The number of hydrogen-bond donors (Lipinski definition) is 0. The molecule has 76 valence electrons. The molecular formula is C10H9N3OS. The highest BCUT2D eigenvalue weighted by atomic mass is 32.1. The van der Waals surface area contributed by atoms with Crippen LogP contribution in [0.4, 0.5) is 5.95 Å². The van der Waals surface area contributed by atoms with E-state index in [1.807, 2.05) is 11.4 Å². The maximum absolute atomic E-state index is 11.9. The molecule has 0 aliphatic carbocycles. The Kier molecular flexibility index (Phi) is 2.73. The molecule has 0 saturated carbocycles. The van der Waals surface area contributed by atoms with Crippen LogP contribution in [0.3, 0.4) is 0 Å². The summed E-state index contributed by atoms with van der Waals surface area (Å²) in [6.45, 7) is 0. The second-order valence-corrected chi connectivity index (χ2v) is 3.84. The van der Waals surface area contributed by atoms with E-state index in [1.54, 1.807) is 31.6 Å². The van der Waals surface area contributed by atoms with Crippen molar-refractivity contribution < 1.29 is 4.79 Å². The molecule has 2 heterocycles. The zero-order valence-electron chi connectivity index (χ0n) is 8.12. The highest BCUT2D eigenvalue weighted by molar-refractivity contribution is 7.12. The quantitative estimate of drug-likeness (QED) is 0.774. The molecule has 0 radical (unpaired) electrons. The molecule has 0 aliphatic rings. The average Bonchev–Trinajstić information content (AvgIpc) is 2.82. The smallest absolute Gasteiger partial charge is 0.270 e. The number of anilines is 1. The molecule has 0 bridgehead atoms. The molecule has 0 aromatic carbocycles. The van der Waals surface area contributed by atoms with Gasteiger partial charge < -0.3 is 0 Å². The van der Waals surface area contributed by atoms with Crippen LogP contribution in [0.25, 0.3) is 0 Å². The second-order valence-electron chi connectivity index (χ2n) is 2.89. The van der Waals surface area contributed by atoms with E-state index in [0.717, 1.165) is 0 Å². The largest absolute Gasteiger partial charge is 0.279 e. The summed E-state index contributed by atoms with van der Waals surface area (Å²) in [5, 5.41) is 1.87. The van der Waals surface area contributed by atoms with Gasteiger partial charge in [-0.3, -0.25) is 9.69 Å². The minimum atomic E-state index is -0.0869. The predicted octanol–water partition coefficient (Wildman–Crippen LogP) is 1.81. The van der Waals surface area contributed by atoms with Crippen molar-refractivity contribution in [3.8, 4) is 0 Å². The molecule has 2 aromatic rings. The van der Waals surface area contributed by atoms with Gasteiger partial charge in [-0.2, -0.15) is 0 Å². The number of nitrogens with zero attached hydrogens (tertiary/aromatic N) is 3. The normalized spacial score (nSPS) is 9.93. The van der Waals surface area contributed by atoms with Crippen LogP contribution in [0.2, 0.25) is 0 Å². The highest BCUT2D eigenvalue weighted by Crippen LogP contribution is 2.13. The summed E-state index contributed by atoms with van der Waals surface area (Å²) in [5.41, 5.74) is 0. The first kappa shape index (κ1) is 9.79. The van der Waals surface area contributed by atoms with E-state index in [4.69, 9.17) is 0 Å². The van der Waals surface area contributed by atoms with E-state index in [1.165, 1.54) is 16.2 Å². The summed E-state index contributed by atoms with van der Waals surface area (Å²) in [6, 6.07) is 5.34. The number of carbonyl (C=O) groups excluding carboxylic acids is 1. The van der Waals surface area contributed by atoms with Crippen molar-refractivity contribution >= 4 is 23.2 Å². The molecule has 0 spiro atoms. The van der Waals surface area contributed by atoms with Gasteiger partial charge in [-0.15, -0.1) is 11.3 Å². The molecule has 0 saturated heterocycles. The van der Waals surface area contributed by atoms with Crippen LogP contribution < -0.4 is 4.90 Å². The van der Waals surface area contributed by atoms with E-state index >= 15 is 0 Å². The van der Waals surface area contributed by atoms with Crippen molar-refractivity contribution in [2.45, 2.75) is 0 Å². The molecule has 0 atom stereocenters. The average molecular weight is 219 g/mol. The summed E-state index contributed by atoms with van der Waals surface area (Å²) in [6.07, 6.45) is 3.22. The van der Waals surface area contributed by atoms with E-state index in [9.17, 15) is 4.79 Å². The van der Waals surface area contributed by atoms with Crippen molar-refractivity contribution in [3.63, 3.8) is 0 Å². The minimum Gasteiger partial charge on any atom is -0.279 e. The van der Waals surface area contributed by atoms with Crippen LogP contribution in [0.5, 0.6) is 0 Å². The first-order valence-corrected chi connectivity index (χ1v) is 5.25. The van der Waals surface area contributed by atoms with Gasteiger partial charge in [0.05, 0.1) is 4.88 Å². The lowest BCUT2D eigenvalue weighted by Crippen LogP contribution is -2.27. The van der Waals surface area contributed by atoms with E-state index < -0.39 is 0 Å². The van der Waals surface area contributed by atoms with Gasteiger partial charge in [-0.05, 0) is 17.5 Å². The molecule has 5 heteroatoms. The van der Waals surface area contributed by atoms with Crippen molar-refractivity contribution in [2.24, 2.45) is 0 Å². The summed E-state index contributed by atoms with van der Waals surface area (Å²) in [4.78, 5) is 22.0. The second kappa shape index (κ2) is 4.18. The fraction of sp³-hybridized carbons (Fsp3) is 0.100. The van der Waals surface area contributed by atoms with Crippen molar-refractivity contribution in [1.82, 2.24) is 9.97 Å².